The normalized spacial score (nSPS) is 11.7. The summed E-state index contributed by atoms with van der Waals surface area (Å²) in [4.78, 5) is 22.2. The Kier molecular flexibility index (Phi) is 6.15. The molecular formula is C12H13BrClNO3. The highest BCUT2D eigenvalue weighted by Crippen LogP contribution is 2.15. The SMILES string of the molecule is COC(=O)C(Br)CNC(=O)Cc1ccccc1Cl. The van der Waals surface area contributed by atoms with Crippen LogP contribution in [0.3, 0.4) is 0 Å². The maximum absolute atomic E-state index is 11.6. The molecule has 1 N–H and O–H groups in total. The van der Waals surface area contributed by atoms with E-state index in [0.717, 1.165) is 5.56 Å². The zero-order valence-corrected chi connectivity index (χ0v) is 12.1. The highest BCUT2D eigenvalue weighted by Gasteiger charge is 2.16. The van der Waals surface area contributed by atoms with E-state index in [4.69, 9.17) is 11.6 Å². The Hall–Kier alpha value is -1.07. The Labute approximate surface area is 119 Å². The fourth-order valence-electron chi connectivity index (χ4n) is 1.29. The molecule has 98 valence electrons. The van der Waals surface area contributed by atoms with E-state index in [9.17, 15) is 9.59 Å². The van der Waals surface area contributed by atoms with E-state index >= 15 is 0 Å². The lowest BCUT2D eigenvalue weighted by molar-refractivity contribution is -0.139. The van der Waals surface area contributed by atoms with Crippen LogP contribution in [-0.4, -0.2) is 30.4 Å². The fraction of sp³-hybridized carbons (Fsp3) is 0.333. The van der Waals surface area contributed by atoms with E-state index in [1.807, 2.05) is 6.07 Å². The molecule has 0 spiro atoms. The van der Waals surface area contributed by atoms with Crippen molar-refractivity contribution in [2.75, 3.05) is 13.7 Å². The molecule has 0 saturated carbocycles. The number of hydrogen-bond donors (Lipinski definition) is 1. The number of rotatable bonds is 5. The predicted octanol–water partition coefficient (Wildman–Crippen LogP) is 1.94. The first-order valence-corrected chi connectivity index (χ1v) is 6.56. The summed E-state index contributed by atoms with van der Waals surface area (Å²) in [6.45, 7) is 0.177. The molecule has 0 aliphatic carbocycles. The van der Waals surface area contributed by atoms with Gasteiger partial charge in [0.2, 0.25) is 5.91 Å². The van der Waals surface area contributed by atoms with E-state index in [0.29, 0.717) is 5.02 Å². The molecule has 0 aliphatic heterocycles. The van der Waals surface area contributed by atoms with Gasteiger partial charge in [-0.1, -0.05) is 45.7 Å². The predicted molar refractivity (Wildman–Crippen MR) is 72.9 cm³/mol. The van der Waals surface area contributed by atoms with Gasteiger partial charge < -0.3 is 10.1 Å². The highest BCUT2D eigenvalue weighted by molar-refractivity contribution is 9.10. The number of carbonyl (C=O) groups excluding carboxylic acids is 2. The fourth-order valence-corrected chi connectivity index (χ4v) is 1.84. The molecule has 0 bridgehead atoms. The molecule has 1 aromatic rings. The second kappa shape index (κ2) is 7.38. The molecule has 0 radical (unpaired) electrons. The van der Waals surface area contributed by atoms with Gasteiger partial charge in [0.1, 0.15) is 4.83 Å². The molecular weight excluding hydrogens is 321 g/mol. The van der Waals surface area contributed by atoms with Crippen LogP contribution < -0.4 is 5.32 Å². The zero-order valence-electron chi connectivity index (χ0n) is 9.78. The van der Waals surface area contributed by atoms with Gasteiger partial charge in [0.05, 0.1) is 13.5 Å². The highest BCUT2D eigenvalue weighted by atomic mass is 79.9. The van der Waals surface area contributed by atoms with E-state index in [-0.39, 0.29) is 18.9 Å². The number of amides is 1. The Morgan fingerprint density at radius 1 is 1.44 bits per heavy atom. The van der Waals surface area contributed by atoms with E-state index in [1.165, 1.54) is 7.11 Å². The summed E-state index contributed by atoms with van der Waals surface area (Å²) in [5, 5.41) is 3.18. The molecule has 0 saturated heterocycles. The van der Waals surface area contributed by atoms with E-state index in [1.54, 1.807) is 18.2 Å². The van der Waals surface area contributed by atoms with Crippen molar-refractivity contribution in [3.63, 3.8) is 0 Å². The minimum Gasteiger partial charge on any atom is -0.468 e. The Balaban J connectivity index is 2.43. The molecule has 0 aliphatic rings. The molecule has 6 heteroatoms. The summed E-state index contributed by atoms with van der Waals surface area (Å²) in [5.41, 5.74) is 0.751. The maximum atomic E-state index is 11.6. The number of hydrogen-bond acceptors (Lipinski definition) is 3. The summed E-state index contributed by atoms with van der Waals surface area (Å²) in [6, 6.07) is 7.13. The summed E-state index contributed by atoms with van der Waals surface area (Å²) >= 11 is 9.06. The van der Waals surface area contributed by atoms with Crippen LogP contribution >= 0.6 is 27.5 Å². The van der Waals surface area contributed by atoms with Gasteiger partial charge in [-0.2, -0.15) is 0 Å². The van der Waals surface area contributed by atoms with Gasteiger partial charge >= 0.3 is 5.97 Å². The number of halogens is 2. The van der Waals surface area contributed by atoms with Gasteiger partial charge in [-0.05, 0) is 11.6 Å². The summed E-state index contributed by atoms with van der Waals surface area (Å²) in [6.07, 6.45) is 0.181. The van der Waals surface area contributed by atoms with Crippen molar-refractivity contribution in [2.45, 2.75) is 11.2 Å². The van der Waals surface area contributed by atoms with Crippen LogP contribution in [0.4, 0.5) is 0 Å². The van der Waals surface area contributed by atoms with Crippen molar-refractivity contribution in [2.24, 2.45) is 0 Å². The van der Waals surface area contributed by atoms with Gasteiger partial charge in [-0.15, -0.1) is 0 Å². The van der Waals surface area contributed by atoms with Gasteiger partial charge in [0.25, 0.3) is 0 Å². The lowest BCUT2D eigenvalue weighted by Crippen LogP contribution is -2.34. The minimum absolute atomic E-state index is 0.177. The maximum Gasteiger partial charge on any atom is 0.321 e. The van der Waals surface area contributed by atoms with Crippen LogP contribution in [0.5, 0.6) is 0 Å². The van der Waals surface area contributed by atoms with Crippen molar-refractivity contribution < 1.29 is 14.3 Å². The quantitative estimate of drug-likeness (QED) is 0.661. The average Bonchev–Trinajstić information content (AvgIpc) is 2.37. The molecule has 1 aromatic carbocycles. The number of esters is 1. The second-order valence-corrected chi connectivity index (χ2v) is 5.08. The number of ether oxygens (including phenoxy) is 1. The van der Waals surface area contributed by atoms with Crippen molar-refractivity contribution in [3.8, 4) is 0 Å². The number of carbonyl (C=O) groups is 2. The lowest BCUT2D eigenvalue weighted by atomic mass is 10.1. The molecule has 1 rings (SSSR count). The van der Waals surface area contributed by atoms with Gasteiger partial charge in [-0.3, -0.25) is 9.59 Å². The zero-order chi connectivity index (χ0) is 13.5. The number of methoxy groups -OCH3 is 1. The van der Waals surface area contributed by atoms with Crippen LogP contribution in [-0.2, 0) is 20.7 Å². The standard InChI is InChI=1S/C12H13BrClNO3/c1-18-12(17)9(13)7-15-11(16)6-8-4-2-3-5-10(8)14/h2-5,9H,6-7H2,1H3,(H,15,16). The molecule has 1 unspecified atom stereocenters. The summed E-state index contributed by atoms with van der Waals surface area (Å²) in [5.74, 6) is -0.621. The third kappa shape index (κ3) is 4.66. The second-order valence-electron chi connectivity index (χ2n) is 3.56. The number of nitrogens with one attached hydrogen (secondary N) is 1. The monoisotopic (exact) mass is 333 g/mol. The van der Waals surface area contributed by atoms with E-state index in [2.05, 4.69) is 26.0 Å². The summed E-state index contributed by atoms with van der Waals surface area (Å²) < 4.78 is 4.52. The van der Waals surface area contributed by atoms with Crippen molar-refractivity contribution in [1.82, 2.24) is 5.32 Å². The van der Waals surface area contributed by atoms with Gasteiger partial charge in [0, 0.05) is 11.6 Å². The Morgan fingerprint density at radius 3 is 2.72 bits per heavy atom. The minimum atomic E-state index is -0.544. The van der Waals surface area contributed by atoms with Crippen molar-refractivity contribution >= 4 is 39.4 Å². The van der Waals surface area contributed by atoms with Crippen LogP contribution in [0, 0.1) is 0 Å². The Bertz CT molecular complexity index is 439. The van der Waals surface area contributed by atoms with Crippen LogP contribution in [0.1, 0.15) is 5.56 Å². The third-order valence-electron chi connectivity index (χ3n) is 2.24. The van der Waals surface area contributed by atoms with Crippen LogP contribution in [0.25, 0.3) is 0 Å². The lowest BCUT2D eigenvalue weighted by Gasteiger charge is -2.09. The van der Waals surface area contributed by atoms with E-state index < -0.39 is 10.8 Å². The average molecular weight is 335 g/mol. The first-order chi connectivity index (χ1) is 8.54. The van der Waals surface area contributed by atoms with Crippen LogP contribution in [0.2, 0.25) is 5.02 Å². The van der Waals surface area contributed by atoms with Gasteiger partial charge in [0.15, 0.2) is 0 Å². The first kappa shape index (κ1) is 15.0. The summed E-state index contributed by atoms with van der Waals surface area (Å²) in [7, 11) is 1.29. The van der Waals surface area contributed by atoms with Gasteiger partial charge in [-0.25, -0.2) is 0 Å². The molecule has 18 heavy (non-hydrogen) atoms. The molecule has 1 amide bonds. The van der Waals surface area contributed by atoms with Crippen molar-refractivity contribution in [3.05, 3.63) is 34.9 Å². The molecule has 0 fully saturated rings. The molecule has 1 atom stereocenters. The Morgan fingerprint density at radius 2 is 2.11 bits per heavy atom. The number of benzene rings is 1. The first-order valence-electron chi connectivity index (χ1n) is 5.26. The van der Waals surface area contributed by atoms with Crippen LogP contribution in [0.15, 0.2) is 24.3 Å². The molecule has 4 nitrogen and oxygen atoms in total. The molecule has 0 aromatic heterocycles. The smallest absolute Gasteiger partial charge is 0.321 e. The molecule has 0 heterocycles. The topological polar surface area (TPSA) is 55.4 Å². The van der Waals surface area contributed by atoms with Crippen molar-refractivity contribution in [1.29, 1.82) is 0 Å². The number of alkyl halides is 1. The largest absolute Gasteiger partial charge is 0.468 e. The third-order valence-corrected chi connectivity index (χ3v) is 3.31.